The van der Waals surface area contributed by atoms with Crippen molar-refractivity contribution in [3.05, 3.63) is 30.1 Å². The number of benzene rings is 1. The van der Waals surface area contributed by atoms with Gasteiger partial charge in [0.1, 0.15) is 5.82 Å². The van der Waals surface area contributed by atoms with Crippen molar-refractivity contribution in [3.63, 3.8) is 0 Å². The predicted molar refractivity (Wildman–Crippen MR) is 119 cm³/mol. The lowest BCUT2D eigenvalue weighted by atomic mass is 9.76. The fourth-order valence-corrected chi connectivity index (χ4v) is 5.34. The Balaban J connectivity index is 1.51. The molecule has 4 rings (SSSR count). The topological polar surface area (TPSA) is 67.7 Å². The molecule has 1 amide bonds. The third kappa shape index (κ3) is 3.95. The highest BCUT2D eigenvalue weighted by molar-refractivity contribution is 5.89. The molecule has 0 aliphatic carbocycles. The van der Waals surface area contributed by atoms with Crippen molar-refractivity contribution in [2.24, 2.45) is 18.9 Å². The number of methoxy groups -OCH3 is 1. The highest BCUT2D eigenvalue weighted by atomic mass is 16.5. The van der Waals surface area contributed by atoms with Crippen LogP contribution in [0.4, 0.5) is 0 Å². The minimum atomic E-state index is -0.415. The van der Waals surface area contributed by atoms with Gasteiger partial charge in [0.25, 0.3) is 0 Å². The maximum absolute atomic E-state index is 12.9. The van der Waals surface area contributed by atoms with Crippen molar-refractivity contribution in [1.29, 1.82) is 0 Å². The lowest BCUT2D eigenvalue weighted by molar-refractivity contribution is -0.150. The number of carbonyl (C=O) groups is 2. The van der Waals surface area contributed by atoms with Crippen LogP contribution in [0.2, 0.25) is 0 Å². The normalized spacial score (nSPS) is 21.5. The van der Waals surface area contributed by atoms with Crippen LogP contribution in [-0.2, 0) is 27.9 Å². The van der Waals surface area contributed by atoms with Gasteiger partial charge >= 0.3 is 5.97 Å². The summed E-state index contributed by atoms with van der Waals surface area (Å²) in [4.78, 5) is 34.7. The first kappa shape index (κ1) is 21.8. The largest absolute Gasteiger partial charge is 0.469 e. The molecule has 1 aromatic heterocycles. The van der Waals surface area contributed by atoms with E-state index in [0.29, 0.717) is 5.92 Å². The second kappa shape index (κ2) is 8.61. The van der Waals surface area contributed by atoms with Gasteiger partial charge in [-0.3, -0.25) is 14.5 Å². The third-order valence-electron chi connectivity index (χ3n) is 7.25. The third-order valence-corrected chi connectivity index (χ3v) is 7.25. The van der Waals surface area contributed by atoms with Gasteiger partial charge in [0.2, 0.25) is 5.91 Å². The van der Waals surface area contributed by atoms with Gasteiger partial charge in [0, 0.05) is 33.1 Å². The van der Waals surface area contributed by atoms with Gasteiger partial charge in [-0.25, -0.2) is 4.98 Å². The summed E-state index contributed by atoms with van der Waals surface area (Å²) in [6.07, 6.45) is 2.81. The van der Waals surface area contributed by atoms with E-state index in [-0.39, 0.29) is 24.2 Å². The van der Waals surface area contributed by atoms with Crippen LogP contribution in [0.5, 0.6) is 0 Å². The standard InChI is InChI=1S/C24H34N4O3/c1-17(2)9-12-28-22(29)15-18(23(30)31-4)24(28)10-13-27(14-11-24)16-21-25-19-7-5-6-8-20(19)26(21)3/h5-8,17-18H,9-16H2,1-4H3. The number of aryl methyl sites for hydroxylation is 1. The summed E-state index contributed by atoms with van der Waals surface area (Å²) in [5, 5.41) is 0. The van der Waals surface area contributed by atoms with E-state index in [4.69, 9.17) is 9.72 Å². The molecule has 7 heteroatoms. The van der Waals surface area contributed by atoms with E-state index in [1.807, 2.05) is 23.1 Å². The number of amides is 1. The number of ether oxygens (including phenoxy) is 1. The Kier molecular flexibility index (Phi) is 6.06. The van der Waals surface area contributed by atoms with E-state index in [9.17, 15) is 9.59 Å². The van der Waals surface area contributed by atoms with Crippen molar-refractivity contribution in [3.8, 4) is 0 Å². The van der Waals surface area contributed by atoms with Crippen LogP contribution in [0.15, 0.2) is 24.3 Å². The molecule has 0 N–H and O–H groups in total. The van der Waals surface area contributed by atoms with Gasteiger partial charge in [-0.15, -0.1) is 0 Å². The zero-order valence-corrected chi connectivity index (χ0v) is 19.1. The van der Waals surface area contributed by atoms with Crippen LogP contribution in [0.1, 0.15) is 45.4 Å². The van der Waals surface area contributed by atoms with Crippen LogP contribution in [0.25, 0.3) is 11.0 Å². The molecule has 0 bridgehead atoms. The number of hydrogen-bond acceptors (Lipinski definition) is 5. The molecular weight excluding hydrogens is 392 g/mol. The molecule has 3 heterocycles. The highest BCUT2D eigenvalue weighted by Crippen LogP contribution is 2.44. The molecule has 1 atom stereocenters. The lowest BCUT2D eigenvalue weighted by Crippen LogP contribution is -2.57. The fourth-order valence-electron chi connectivity index (χ4n) is 5.34. The number of piperidine rings is 1. The molecule has 0 radical (unpaired) electrons. The van der Waals surface area contributed by atoms with Crippen LogP contribution >= 0.6 is 0 Å². The second-order valence-corrected chi connectivity index (χ2v) is 9.46. The summed E-state index contributed by atoms with van der Waals surface area (Å²) in [7, 11) is 3.49. The molecule has 2 aliphatic heterocycles. The molecule has 2 saturated heterocycles. The van der Waals surface area contributed by atoms with Crippen molar-refractivity contribution in [2.75, 3.05) is 26.7 Å². The van der Waals surface area contributed by atoms with Crippen LogP contribution < -0.4 is 0 Å². The number of fused-ring (bicyclic) bond motifs is 1. The molecule has 2 fully saturated rings. The quantitative estimate of drug-likeness (QED) is 0.665. The summed E-state index contributed by atoms with van der Waals surface area (Å²) in [5.41, 5.74) is 1.74. The maximum Gasteiger partial charge on any atom is 0.311 e. The molecule has 31 heavy (non-hydrogen) atoms. The molecule has 2 aliphatic rings. The van der Waals surface area contributed by atoms with Crippen LogP contribution in [-0.4, -0.2) is 63.5 Å². The van der Waals surface area contributed by atoms with Crippen molar-refractivity contribution >= 4 is 22.9 Å². The minimum absolute atomic E-state index is 0.0971. The molecule has 168 valence electrons. The van der Waals surface area contributed by atoms with Crippen molar-refractivity contribution < 1.29 is 14.3 Å². The number of para-hydroxylation sites is 2. The number of nitrogens with zero attached hydrogens (tertiary/aromatic N) is 4. The molecular formula is C24H34N4O3. The van der Waals surface area contributed by atoms with Crippen molar-refractivity contribution in [2.45, 2.75) is 51.6 Å². The first-order valence-electron chi connectivity index (χ1n) is 11.4. The number of likely N-dealkylation sites (tertiary alicyclic amines) is 2. The van der Waals surface area contributed by atoms with E-state index < -0.39 is 5.54 Å². The van der Waals surface area contributed by atoms with E-state index in [1.165, 1.54) is 7.11 Å². The van der Waals surface area contributed by atoms with Crippen molar-refractivity contribution in [1.82, 2.24) is 19.4 Å². The zero-order chi connectivity index (χ0) is 22.2. The molecule has 7 nitrogen and oxygen atoms in total. The molecule has 0 saturated carbocycles. The first-order chi connectivity index (χ1) is 14.9. The molecule has 1 spiro atoms. The van der Waals surface area contributed by atoms with Gasteiger partial charge in [-0.05, 0) is 37.3 Å². The Bertz CT molecular complexity index is 959. The second-order valence-electron chi connectivity index (χ2n) is 9.46. The van der Waals surface area contributed by atoms with Gasteiger partial charge < -0.3 is 14.2 Å². The lowest BCUT2D eigenvalue weighted by Gasteiger charge is -2.47. The first-order valence-corrected chi connectivity index (χ1v) is 11.4. The van der Waals surface area contributed by atoms with E-state index in [0.717, 1.165) is 62.3 Å². The molecule has 2 aromatic rings. The van der Waals surface area contributed by atoms with E-state index in [2.05, 4.69) is 36.4 Å². The number of imidazole rings is 1. The van der Waals surface area contributed by atoms with Gasteiger partial charge in [0.05, 0.1) is 36.1 Å². The van der Waals surface area contributed by atoms with Crippen LogP contribution in [0, 0.1) is 11.8 Å². The Hall–Kier alpha value is -2.41. The Labute approximate surface area is 184 Å². The SMILES string of the molecule is COC(=O)C1CC(=O)N(CCC(C)C)C12CCN(Cc1nc3ccccc3n1C)CC2. The summed E-state index contributed by atoms with van der Waals surface area (Å²) < 4.78 is 7.27. The van der Waals surface area contributed by atoms with Gasteiger partial charge in [-0.2, -0.15) is 0 Å². The molecule has 1 aromatic carbocycles. The predicted octanol–water partition coefficient (Wildman–Crippen LogP) is 2.98. The minimum Gasteiger partial charge on any atom is -0.469 e. The summed E-state index contributed by atoms with van der Waals surface area (Å²) in [6.45, 7) is 7.50. The number of hydrogen-bond donors (Lipinski definition) is 0. The Morgan fingerprint density at radius 3 is 2.61 bits per heavy atom. The van der Waals surface area contributed by atoms with Crippen LogP contribution in [0.3, 0.4) is 0 Å². The number of carbonyl (C=O) groups excluding carboxylic acids is 2. The summed E-state index contributed by atoms with van der Waals surface area (Å²) in [6, 6.07) is 8.18. The molecule has 1 unspecified atom stereocenters. The Morgan fingerprint density at radius 2 is 1.97 bits per heavy atom. The zero-order valence-electron chi connectivity index (χ0n) is 19.1. The average molecular weight is 427 g/mol. The number of esters is 1. The monoisotopic (exact) mass is 426 g/mol. The fraction of sp³-hybridized carbons (Fsp3) is 0.625. The number of rotatable bonds is 6. The summed E-state index contributed by atoms with van der Waals surface area (Å²) in [5.74, 6) is 1.04. The van der Waals surface area contributed by atoms with Gasteiger partial charge in [0.15, 0.2) is 0 Å². The Morgan fingerprint density at radius 1 is 1.26 bits per heavy atom. The van der Waals surface area contributed by atoms with E-state index >= 15 is 0 Å². The highest BCUT2D eigenvalue weighted by Gasteiger charge is 2.56. The van der Waals surface area contributed by atoms with Gasteiger partial charge in [-0.1, -0.05) is 26.0 Å². The number of aromatic nitrogens is 2. The maximum atomic E-state index is 12.9. The smallest absolute Gasteiger partial charge is 0.311 e. The van der Waals surface area contributed by atoms with E-state index in [1.54, 1.807) is 0 Å². The average Bonchev–Trinajstić information content (AvgIpc) is 3.22. The summed E-state index contributed by atoms with van der Waals surface area (Å²) >= 11 is 0.